The fourth-order valence-electron chi connectivity index (χ4n) is 1.51. The number of furan rings is 1. The van der Waals surface area contributed by atoms with Crippen LogP contribution in [0.1, 0.15) is 16.3 Å². The zero-order chi connectivity index (χ0) is 15.2. The molecule has 2 aromatic heterocycles. The maximum Gasteiger partial charge on any atom is 0.371 e. The highest BCUT2D eigenvalue weighted by molar-refractivity contribution is 5.89. The van der Waals surface area contributed by atoms with Gasteiger partial charge in [0.25, 0.3) is 0 Å². The molecule has 0 bridgehead atoms. The summed E-state index contributed by atoms with van der Waals surface area (Å²) in [5.74, 6) is -0.547. The van der Waals surface area contributed by atoms with E-state index in [0.29, 0.717) is 17.3 Å². The normalized spacial score (nSPS) is 9.95. The van der Waals surface area contributed by atoms with E-state index in [4.69, 9.17) is 14.3 Å². The standard InChI is InChI=1S/C13H13N3O5/c1-20-11-5-2-8(6-14-11)16-13(19)15-7-9-3-4-10(21-9)12(17)18/h2-6H,7H2,1H3,(H,17,18)(H2,15,16,19). The van der Waals surface area contributed by atoms with E-state index in [2.05, 4.69) is 15.6 Å². The van der Waals surface area contributed by atoms with Crippen LogP contribution >= 0.6 is 0 Å². The van der Waals surface area contributed by atoms with Crippen LogP contribution in [0, 0.1) is 0 Å². The third-order valence-corrected chi connectivity index (χ3v) is 2.50. The summed E-state index contributed by atoms with van der Waals surface area (Å²) in [5.41, 5.74) is 0.499. The van der Waals surface area contributed by atoms with Gasteiger partial charge in [-0.25, -0.2) is 14.6 Å². The first-order chi connectivity index (χ1) is 10.1. The molecule has 0 saturated heterocycles. The van der Waals surface area contributed by atoms with Crippen LogP contribution in [0.15, 0.2) is 34.9 Å². The van der Waals surface area contributed by atoms with Crippen LogP contribution in [-0.4, -0.2) is 29.2 Å². The van der Waals surface area contributed by atoms with Crippen LogP contribution in [0.5, 0.6) is 5.88 Å². The molecule has 0 radical (unpaired) electrons. The molecule has 2 rings (SSSR count). The second kappa shape index (κ2) is 6.42. The van der Waals surface area contributed by atoms with E-state index in [1.54, 1.807) is 12.1 Å². The number of hydrogen-bond acceptors (Lipinski definition) is 5. The average molecular weight is 291 g/mol. The monoisotopic (exact) mass is 291 g/mol. The molecule has 0 aliphatic rings. The summed E-state index contributed by atoms with van der Waals surface area (Å²) < 4.78 is 9.91. The molecule has 0 spiro atoms. The predicted octanol–water partition coefficient (Wildman–Crippen LogP) is 1.70. The number of nitrogens with zero attached hydrogens (tertiary/aromatic N) is 1. The third-order valence-electron chi connectivity index (χ3n) is 2.50. The number of hydrogen-bond donors (Lipinski definition) is 3. The minimum Gasteiger partial charge on any atom is -0.481 e. The van der Waals surface area contributed by atoms with Crippen molar-refractivity contribution in [1.82, 2.24) is 10.3 Å². The molecule has 21 heavy (non-hydrogen) atoms. The number of methoxy groups -OCH3 is 1. The number of urea groups is 1. The summed E-state index contributed by atoms with van der Waals surface area (Å²) in [6.45, 7) is 0.0721. The number of carbonyl (C=O) groups is 2. The molecule has 3 N–H and O–H groups in total. The van der Waals surface area contributed by atoms with Gasteiger partial charge in [-0.3, -0.25) is 0 Å². The number of ether oxygens (including phenoxy) is 1. The van der Waals surface area contributed by atoms with Gasteiger partial charge in [-0.15, -0.1) is 0 Å². The van der Waals surface area contributed by atoms with Gasteiger partial charge in [0.2, 0.25) is 11.6 Å². The lowest BCUT2D eigenvalue weighted by Gasteiger charge is -2.06. The number of carboxylic acid groups (broad SMARTS) is 1. The molecule has 2 heterocycles. The van der Waals surface area contributed by atoms with Crippen molar-refractivity contribution in [2.45, 2.75) is 6.54 Å². The summed E-state index contributed by atoms with van der Waals surface area (Å²) in [4.78, 5) is 26.2. The quantitative estimate of drug-likeness (QED) is 0.772. The zero-order valence-electron chi connectivity index (χ0n) is 11.1. The number of amides is 2. The summed E-state index contributed by atoms with van der Waals surface area (Å²) in [6, 6.07) is 5.60. The summed E-state index contributed by atoms with van der Waals surface area (Å²) in [7, 11) is 1.50. The van der Waals surface area contributed by atoms with Gasteiger partial charge < -0.3 is 24.9 Å². The number of carboxylic acids is 1. The van der Waals surface area contributed by atoms with Crippen LogP contribution in [0.2, 0.25) is 0 Å². The van der Waals surface area contributed by atoms with E-state index in [9.17, 15) is 9.59 Å². The number of anilines is 1. The molecule has 8 nitrogen and oxygen atoms in total. The van der Waals surface area contributed by atoms with Gasteiger partial charge in [-0.2, -0.15) is 0 Å². The van der Waals surface area contributed by atoms with Crippen molar-refractivity contribution in [2.75, 3.05) is 12.4 Å². The minimum absolute atomic E-state index is 0.0721. The van der Waals surface area contributed by atoms with Gasteiger partial charge in [0.05, 0.1) is 25.5 Å². The molecular formula is C13H13N3O5. The number of rotatable bonds is 5. The SMILES string of the molecule is COc1ccc(NC(=O)NCc2ccc(C(=O)O)o2)cn1. The van der Waals surface area contributed by atoms with E-state index in [1.807, 2.05) is 0 Å². The van der Waals surface area contributed by atoms with Crippen molar-refractivity contribution in [3.05, 3.63) is 42.0 Å². The van der Waals surface area contributed by atoms with E-state index >= 15 is 0 Å². The van der Waals surface area contributed by atoms with Gasteiger partial charge in [-0.05, 0) is 18.2 Å². The number of aromatic carboxylic acids is 1. The van der Waals surface area contributed by atoms with Crippen molar-refractivity contribution in [3.63, 3.8) is 0 Å². The van der Waals surface area contributed by atoms with Crippen molar-refractivity contribution >= 4 is 17.7 Å². The maximum atomic E-state index is 11.6. The van der Waals surface area contributed by atoms with Crippen LogP contribution in [0.4, 0.5) is 10.5 Å². The second-order valence-corrected chi connectivity index (χ2v) is 3.97. The first kappa shape index (κ1) is 14.4. The van der Waals surface area contributed by atoms with Gasteiger partial charge in [0, 0.05) is 6.07 Å². The Bertz CT molecular complexity index is 636. The predicted molar refractivity (Wildman–Crippen MR) is 72.3 cm³/mol. The van der Waals surface area contributed by atoms with E-state index < -0.39 is 12.0 Å². The van der Waals surface area contributed by atoms with Crippen LogP contribution in [-0.2, 0) is 6.54 Å². The molecule has 8 heteroatoms. The number of pyridine rings is 1. The fraction of sp³-hybridized carbons (Fsp3) is 0.154. The lowest BCUT2D eigenvalue weighted by atomic mass is 10.4. The van der Waals surface area contributed by atoms with E-state index in [-0.39, 0.29) is 12.3 Å². The molecular weight excluding hydrogens is 278 g/mol. The van der Waals surface area contributed by atoms with Crippen molar-refractivity contribution in [1.29, 1.82) is 0 Å². The molecule has 110 valence electrons. The van der Waals surface area contributed by atoms with Crippen molar-refractivity contribution in [3.8, 4) is 5.88 Å². The highest BCUT2D eigenvalue weighted by Gasteiger charge is 2.09. The van der Waals surface area contributed by atoms with E-state index in [1.165, 1.54) is 25.4 Å². The van der Waals surface area contributed by atoms with Crippen LogP contribution < -0.4 is 15.4 Å². The molecule has 0 atom stereocenters. The molecule has 0 unspecified atom stereocenters. The molecule has 2 aromatic rings. The minimum atomic E-state index is -1.16. The summed E-state index contributed by atoms with van der Waals surface area (Å²) >= 11 is 0. The smallest absolute Gasteiger partial charge is 0.371 e. The molecule has 0 aliphatic carbocycles. The molecule has 0 aromatic carbocycles. The third kappa shape index (κ3) is 3.96. The lowest BCUT2D eigenvalue weighted by Crippen LogP contribution is -2.28. The maximum absolute atomic E-state index is 11.6. The average Bonchev–Trinajstić information content (AvgIpc) is 2.95. The Balaban J connectivity index is 1.84. The Hall–Kier alpha value is -3.03. The van der Waals surface area contributed by atoms with Gasteiger partial charge >= 0.3 is 12.0 Å². The molecule has 0 aliphatic heterocycles. The van der Waals surface area contributed by atoms with E-state index in [0.717, 1.165) is 0 Å². The number of carbonyl (C=O) groups excluding carboxylic acids is 1. The summed E-state index contributed by atoms with van der Waals surface area (Å²) in [5, 5.41) is 13.8. The van der Waals surface area contributed by atoms with Gasteiger partial charge in [0.1, 0.15) is 5.76 Å². The van der Waals surface area contributed by atoms with Gasteiger partial charge in [0.15, 0.2) is 0 Å². The Morgan fingerprint density at radius 1 is 1.33 bits per heavy atom. The Morgan fingerprint density at radius 3 is 2.71 bits per heavy atom. The number of aromatic nitrogens is 1. The zero-order valence-corrected chi connectivity index (χ0v) is 11.1. The van der Waals surface area contributed by atoms with Crippen molar-refractivity contribution in [2.24, 2.45) is 0 Å². The number of nitrogens with one attached hydrogen (secondary N) is 2. The van der Waals surface area contributed by atoms with Gasteiger partial charge in [-0.1, -0.05) is 0 Å². The highest BCUT2D eigenvalue weighted by atomic mass is 16.5. The summed E-state index contributed by atoms with van der Waals surface area (Å²) in [6.07, 6.45) is 1.45. The second-order valence-electron chi connectivity index (χ2n) is 3.97. The molecule has 0 saturated carbocycles. The highest BCUT2D eigenvalue weighted by Crippen LogP contribution is 2.11. The topological polar surface area (TPSA) is 114 Å². The molecule has 0 fully saturated rings. The largest absolute Gasteiger partial charge is 0.481 e. The fourth-order valence-corrected chi connectivity index (χ4v) is 1.51. The first-order valence-corrected chi connectivity index (χ1v) is 5.95. The Labute approximate surface area is 119 Å². The lowest BCUT2D eigenvalue weighted by molar-refractivity contribution is 0.0660. The van der Waals surface area contributed by atoms with Crippen LogP contribution in [0.3, 0.4) is 0 Å². The first-order valence-electron chi connectivity index (χ1n) is 5.95. The Kier molecular flexibility index (Phi) is 4.39. The Morgan fingerprint density at radius 2 is 2.14 bits per heavy atom. The van der Waals surface area contributed by atoms with Crippen LogP contribution in [0.25, 0.3) is 0 Å². The van der Waals surface area contributed by atoms with Crippen molar-refractivity contribution < 1.29 is 23.8 Å². The molecule has 2 amide bonds.